The highest BCUT2D eigenvalue weighted by Crippen LogP contribution is 2.19. The molecule has 0 spiro atoms. The fraction of sp³-hybridized carbons (Fsp3) is 0.455. The van der Waals surface area contributed by atoms with Crippen LogP contribution in [0.4, 0.5) is 0 Å². The third-order valence-corrected chi connectivity index (χ3v) is 3.14. The van der Waals surface area contributed by atoms with E-state index in [1.807, 2.05) is 0 Å². The van der Waals surface area contributed by atoms with Crippen LogP contribution in [0, 0.1) is 0 Å². The number of hydrogen-bond donors (Lipinski definition) is 1. The molecule has 0 radical (unpaired) electrons. The fourth-order valence-corrected chi connectivity index (χ4v) is 2.13. The summed E-state index contributed by atoms with van der Waals surface area (Å²) in [5, 5.41) is 3.50. The van der Waals surface area contributed by atoms with Crippen molar-refractivity contribution >= 4 is 29.1 Å². The molecule has 1 aliphatic rings. The maximum atomic E-state index is 11.9. The molecule has 2 rings (SSSR count). The average Bonchev–Trinajstić information content (AvgIpc) is 2.30. The van der Waals surface area contributed by atoms with E-state index < -0.39 is 0 Å². The average molecular weight is 275 g/mol. The van der Waals surface area contributed by atoms with Crippen LogP contribution in [0.1, 0.15) is 23.2 Å². The van der Waals surface area contributed by atoms with Gasteiger partial charge in [0.1, 0.15) is 5.15 Å². The number of aromatic nitrogens is 1. The number of halogens is 2. The van der Waals surface area contributed by atoms with Crippen molar-refractivity contribution in [3.63, 3.8) is 0 Å². The van der Waals surface area contributed by atoms with Crippen LogP contribution in [0.15, 0.2) is 12.3 Å². The predicted octanol–water partition coefficient (Wildman–Crippen LogP) is 2.30. The monoisotopic (exact) mass is 274 g/mol. The van der Waals surface area contributed by atoms with Crippen molar-refractivity contribution in [3.8, 4) is 0 Å². The molecule has 0 bridgehead atoms. The van der Waals surface area contributed by atoms with Crippen molar-refractivity contribution in [2.75, 3.05) is 13.2 Å². The first-order valence-electron chi connectivity index (χ1n) is 5.36. The first kappa shape index (κ1) is 12.6. The number of pyridine rings is 1. The molecule has 0 unspecified atom stereocenters. The van der Waals surface area contributed by atoms with E-state index in [4.69, 9.17) is 27.9 Å². The molecule has 1 saturated heterocycles. The van der Waals surface area contributed by atoms with Gasteiger partial charge in [0.2, 0.25) is 0 Å². The highest BCUT2D eigenvalue weighted by Gasteiger charge is 2.18. The molecular formula is C11H12Cl2N2O2. The van der Waals surface area contributed by atoms with Crippen molar-refractivity contribution in [2.45, 2.75) is 18.9 Å². The number of nitrogens with one attached hydrogen (secondary N) is 1. The van der Waals surface area contributed by atoms with Gasteiger partial charge in [-0.05, 0) is 18.9 Å². The number of rotatable bonds is 2. The van der Waals surface area contributed by atoms with E-state index in [0.29, 0.717) is 23.8 Å². The minimum Gasteiger partial charge on any atom is -0.381 e. The zero-order valence-electron chi connectivity index (χ0n) is 9.08. The molecular weight excluding hydrogens is 263 g/mol. The van der Waals surface area contributed by atoms with Crippen LogP contribution in [0.25, 0.3) is 0 Å². The summed E-state index contributed by atoms with van der Waals surface area (Å²) >= 11 is 11.6. The van der Waals surface area contributed by atoms with Gasteiger partial charge >= 0.3 is 0 Å². The number of amides is 1. The zero-order valence-corrected chi connectivity index (χ0v) is 10.6. The highest BCUT2D eigenvalue weighted by molar-refractivity contribution is 6.36. The summed E-state index contributed by atoms with van der Waals surface area (Å²) in [5.41, 5.74) is 0.350. The number of carbonyl (C=O) groups is 1. The van der Waals surface area contributed by atoms with Crippen molar-refractivity contribution in [2.24, 2.45) is 0 Å². The van der Waals surface area contributed by atoms with Gasteiger partial charge in [-0.2, -0.15) is 0 Å². The number of carbonyl (C=O) groups excluding carboxylic acids is 1. The summed E-state index contributed by atoms with van der Waals surface area (Å²) < 4.78 is 5.22. The van der Waals surface area contributed by atoms with E-state index in [-0.39, 0.29) is 17.1 Å². The second kappa shape index (κ2) is 5.67. The van der Waals surface area contributed by atoms with Crippen molar-refractivity contribution in [1.82, 2.24) is 10.3 Å². The molecule has 4 nitrogen and oxygen atoms in total. The lowest BCUT2D eigenvalue weighted by Gasteiger charge is -2.23. The largest absolute Gasteiger partial charge is 0.381 e. The molecule has 1 aromatic rings. The Labute approximate surface area is 109 Å². The Morgan fingerprint density at radius 2 is 2.12 bits per heavy atom. The third-order valence-electron chi connectivity index (χ3n) is 2.62. The fourth-order valence-electron chi connectivity index (χ4n) is 1.68. The predicted molar refractivity (Wildman–Crippen MR) is 65.6 cm³/mol. The van der Waals surface area contributed by atoms with E-state index in [1.54, 1.807) is 0 Å². The van der Waals surface area contributed by atoms with Crippen LogP contribution in [0.5, 0.6) is 0 Å². The Morgan fingerprint density at radius 3 is 2.76 bits per heavy atom. The van der Waals surface area contributed by atoms with Gasteiger partial charge in [-0.3, -0.25) is 4.79 Å². The normalized spacial score (nSPS) is 16.8. The van der Waals surface area contributed by atoms with E-state index in [0.717, 1.165) is 12.8 Å². The Bertz CT molecular complexity index is 420. The third kappa shape index (κ3) is 3.31. The van der Waals surface area contributed by atoms with Crippen LogP contribution in [0.3, 0.4) is 0 Å². The molecule has 0 aromatic carbocycles. The molecule has 1 amide bonds. The van der Waals surface area contributed by atoms with Gasteiger partial charge in [0, 0.05) is 25.5 Å². The Kier molecular flexibility index (Phi) is 4.20. The van der Waals surface area contributed by atoms with Gasteiger partial charge in [-0.15, -0.1) is 0 Å². The lowest BCUT2D eigenvalue weighted by atomic mass is 10.1. The van der Waals surface area contributed by atoms with E-state index in [9.17, 15) is 4.79 Å². The number of hydrogen-bond acceptors (Lipinski definition) is 3. The Balaban J connectivity index is 2.03. The summed E-state index contributed by atoms with van der Waals surface area (Å²) in [4.78, 5) is 15.8. The van der Waals surface area contributed by atoms with E-state index in [2.05, 4.69) is 10.3 Å². The molecule has 1 N–H and O–H groups in total. The summed E-state index contributed by atoms with van der Waals surface area (Å²) in [7, 11) is 0. The molecule has 1 aliphatic heterocycles. The summed E-state index contributed by atoms with van der Waals surface area (Å²) in [6.07, 6.45) is 3.04. The SMILES string of the molecule is O=C(NC1CCOCC1)c1cnc(Cl)cc1Cl. The van der Waals surface area contributed by atoms with Gasteiger partial charge in [0.25, 0.3) is 5.91 Å². The van der Waals surface area contributed by atoms with Crippen molar-refractivity contribution in [3.05, 3.63) is 28.0 Å². The first-order valence-corrected chi connectivity index (χ1v) is 6.12. The van der Waals surface area contributed by atoms with Crippen molar-refractivity contribution in [1.29, 1.82) is 0 Å². The summed E-state index contributed by atoms with van der Waals surface area (Å²) in [6.45, 7) is 1.36. The molecule has 17 heavy (non-hydrogen) atoms. The van der Waals surface area contributed by atoms with Crippen LogP contribution in [-0.4, -0.2) is 30.1 Å². The lowest BCUT2D eigenvalue weighted by Crippen LogP contribution is -2.39. The van der Waals surface area contributed by atoms with Gasteiger partial charge < -0.3 is 10.1 Å². The zero-order chi connectivity index (χ0) is 12.3. The molecule has 1 aromatic heterocycles. The molecule has 0 aliphatic carbocycles. The van der Waals surface area contributed by atoms with Gasteiger partial charge in [-0.25, -0.2) is 4.98 Å². The van der Waals surface area contributed by atoms with E-state index >= 15 is 0 Å². The Morgan fingerprint density at radius 1 is 1.41 bits per heavy atom. The van der Waals surface area contributed by atoms with Crippen LogP contribution in [0.2, 0.25) is 10.2 Å². The summed E-state index contributed by atoms with van der Waals surface area (Å²) in [6, 6.07) is 1.60. The number of ether oxygens (including phenoxy) is 1. The Hall–Kier alpha value is -0.840. The number of nitrogens with zero attached hydrogens (tertiary/aromatic N) is 1. The van der Waals surface area contributed by atoms with Crippen LogP contribution >= 0.6 is 23.2 Å². The summed E-state index contributed by atoms with van der Waals surface area (Å²) in [5.74, 6) is -0.217. The maximum Gasteiger partial charge on any atom is 0.254 e. The quantitative estimate of drug-likeness (QED) is 0.842. The molecule has 6 heteroatoms. The minimum absolute atomic E-state index is 0.142. The van der Waals surface area contributed by atoms with Gasteiger partial charge in [0.05, 0.1) is 10.6 Å². The van der Waals surface area contributed by atoms with Gasteiger partial charge in [0.15, 0.2) is 0 Å². The highest BCUT2D eigenvalue weighted by atomic mass is 35.5. The molecule has 0 atom stereocenters. The second-order valence-electron chi connectivity index (χ2n) is 3.85. The second-order valence-corrected chi connectivity index (χ2v) is 4.64. The minimum atomic E-state index is -0.217. The molecule has 0 saturated carbocycles. The van der Waals surface area contributed by atoms with Crippen molar-refractivity contribution < 1.29 is 9.53 Å². The molecule has 92 valence electrons. The van der Waals surface area contributed by atoms with Gasteiger partial charge in [-0.1, -0.05) is 23.2 Å². The topological polar surface area (TPSA) is 51.2 Å². The maximum absolute atomic E-state index is 11.9. The molecule has 2 heterocycles. The van der Waals surface area contributed by atoms with E-state index in [1.165, 1.54) is 12.3 Å². The first-order chi connectivity index (χ1) is 8.16. The standard InChI is InChI=1S/C11H12Cl2N2O2/c12-9-5-10(13)14-6-8(9)11(16)15-7-1-3-17-4-2-7/h5-7H,1-4H2,(H,15,16). The van der Waals surface area contributed by atoms with Crippen LogP contribution in [-0.2, 0) is 4.74 Å². The van der Waals surface area contributed by atoms with Crippen LogP contribution < -0.4 is 5.32 Å². The smallest absolute Gasteiger partial charge is 0.254 e. The lowest BCUT2D eigenvalue weighted by molar-refractivity contribution is 0.0696. The molecule has 1 fully saturated rings.